The summed E-state index contributed by atoms with van der Waals surface area (Å²) in [6.07, 6.45) is 8.67. The summed E-state index contributed by atoms with van der Waals surface area (Å²) in [7, 11) is 0. The Labute approximate surface area is 169 Å². The number of H-pyrrole nitrogens is 1. The minimum absolute atomic E-state index is 0.0231. The third-order valence-corrected chi connectivity index (χ3v) is 4.80. The summed E-state index contributed by atoms with van der Waals surface area (Å²) in [6.45, 7) is 4.51. The summed E-state index contributed by atoms with van der Waals surface area (Å²) in [6, 6.07) is 7.51. The van der Waals surface area contributed by atoms with E-state index in [2.05, 4.69) is 30.5 Å². The number of anilines is 2. The SMILES string of the molecule is Cc1nc(Nc2cc(C)[nH]n2)cc([C@H]2CCCN2C(=O)/C=C/c2cccnc2)n1. The molecule has 3 aromatic heterocycles. The molecule has 4 heterocycles. The zero-order valence-electron chi connectivity index (χ0n) is 16.5. The van der Waals surface area contributed by atoms with E-state index in [-0.39, 0.29) is 11.9 Å². The van der Waals surface area contributed by atoms with Crippen LogP contribution in [0.4, 0.5) is 11.6 Å². The molecule has 8 heteroatoms. The summed E-state index contributed by atoms with van der Waals surface area (Å²) < 4.78 is 0. The summed E-state index contributed by atoms with van der Waals surface area (Å²) in [5, 5.41) is 10.3. The summed E-state index contributed by atoms with van der Waals surface area (Å²) in [5.74, 6) is 2.00. The van der Waals surface area contributed by atoms with E-state index in [1.807, 2.05) is 43.0 Å². The first-order chi connectivity index (χ1) is 14.1. The van der Waals surface area contributed by atoms with E-state index in [0.29, 0.717) is 24.0 Å². The number of likely N-dealkylation sites (tertiary alicyclic amines) is 1. The van der Waals surface area contributed by atoms with Gasteiger partial charge in [0, 0.05) is 42.8 Å². The molecular formula is C21H23N7O. The first-order valence-electron chi connectivity index (χ1n) is 9.62. The largest absolute Gasteiger partial charge is 0.331 e. The van der Waals surface area contributed by atoms with Crippen molar-refractivity contribution in [3.05, 3.63) is 65.5 Å². The highest BCUT2D eigenvalue weighted by Gasteiger charge is 2.30. The van der Waals surface area contributed by atoms with Gasteiger partial charge in [0.1, 0.15) is 11.6 Å². The normalized spacial score (nSPS) is 16.5. The Morgan fingerprint density at radius 2 is 2.17 bits per heavy atom. The number of pyridine rings is 1. The van der Waals surface area contributed by atoms with Gasteiger partial charge in [0.05, 0.1) is 11.7 Å². The Bertz CT molecular complexity index is 1030. The number of rotatable bonds is 5. The molecule has 1 aliphatic rings. The zero-order valence-corrected chi connectivity index (χ0v) is 16.5. The molecule has 3 aromatic rings. The van der Waals surface area contributed by atoms with Gasteiger partial charge in [-0.2, -0.15) is 5.10 Å². The lowest BCUT2D eigenvalue weighted by Crippen LogP contribution is -2.29. The average Bonchev–Trinajstić information content (AvgIpc) is 3.36. The fourth-order valence-corrected chi connectivity index (χ4v) is 3.51. The summed E-state index contributed by atoms with van der Waals surface area (Å²) >= 11 is 0. The Morgan fingerprint density at radius 1 is 1.28 bits per heavy atom. The maximum Gasteiger partial charge on any atom is 0.247 e. The number of aryl methyl sites for hydroxylation is 2. The first kappa shape index (κ1) is 18.8. The second-order valence-corrected chi connectivity index (χ2v) is 7.10. The first-order valence-corrected chi connectivity index (χ1v) is 9.62. The Hall–Kier alpha value is -3.55. The minimum Gasteiger partial charge on any atom is -0.331 e. The second-order valence-electron chi connectivity index (χ2n) is 7.10. The van der Waals surface area contributed by atoms with E-state index in [1.54, 1.807) is 24.5 Å². The lowest BCUT2D eigenvalue weighted by Gasteiger charge is -2.23. The second kappa shape index (κ2) is 8.22. The molecule has 1 amide bonds. The van der Waals surface area contributed by atoms with Crippen LogP contribution >= 0.6 is 0 Å². The molecule has 1 fully saturated rings. The maximum absolute atomic E-state index is 12.8. The number of hydrogen-bond donors (Lipinski definition) is 2. The van der Waals surface area contributed by atoms with Gasteiger partial charge in [0.25, 0.3) is 0 Å². The van der Waals surface area contributed by atoms with Gasteiger partial charge in [0.15, 0.2) is 5.82 Å². The maximum atomic E-state index is 12.8. The molecule has 4 rings (SSSR count). The number of hydrogen-bond acceptors (Lipinski definition) is 6. The number of amides is 1. The molecule has 0 aliphatic carbocycles. The van der Waals surface area contributed by atoms with Gasteiger partial charge >= 0.3 is 0 Å². The molecule has 29 heavy (non-hydrogen) atoms. The molecule has 1 aliphatic heterocycles. The Morgan fingerprint density at radius 3 is 2.93 bits per heavy atom. The molecule has 0 unspecified atom stereocenters. The number of carbonyl (C=O) groups excluding carboxylic acids is 1. The van der Waals surface area contributed by atoms with Crippen molar-refractivity contribution in [1.82, 2.24) is 30.0 Å². The third kappa shape index (κ3) is 4.48. The lowest BCUT2D eigenvalue weighted by molar-refractivity contribution is -0.126. The van der Waals surface area contributed by atoms with E-state index in [1.165, 1.54) is 0 Å². The highest BCUT2D eigenvalue weighted by molar-refractivity contribution is 5.92. The van der Waals surface area contributed by atoms with E-state index >= 15 is 0 Å². The van der Waals surface area contributed by atoms with Crippen LogP contribution in [0.15, 0.2) is 42.7 Å². The highest BCUT2D eigenvalue weighted by Crippen LogP contribution is 2.32. The van der Waals surface area contributed by atoms with Crippen molar-refractivity contribution < 1.29 is 4.79 Å². The van der Waals surface area contributed by atoms with E-state index in [4.69, 9.17) is 0 Å². The van der Waals surface area contributed by atoms with Crippen LogP contribution in [0, 0.1) is 13.8 Å². The molecule has 1 saturated heterocycles. The van der Waals surface area contributed by atoms with Gasteiger partial charge in [0.2, 0.25) is 5.91 Å². The summed E-state index contributed by atoms with van der Waals surface area (Å²) in [5.41, 5.74) is 2.70. The van der Waals surface area contributed by atoms with Crippen LogP contribution < -0.4 is 5.32 Å². The Kier molecular flexibility index (Phi) is 5.33. The predicted octanol–water partition coefficient (Wildman–Crippen LogP) is 3.33. The van der Waals surface area contributed by atoms with Crippen LogP contribution in [0.2, 0.25) is 0 Å². The van der Waals surface area contributed by atoms with Crippen molar-refractivity contribution in [3.63, 3.8) is 0 Å². The molecule has 0 aromatic carbocycles. The molecule has 0 saturated carbocycles. The molecule has 8 nitrogen and oxygen atoms in total. The predicted molar refractivity (Wildman–Crippen MR) is 110 cm³/mol. The smallest absolute Gasteiger partial charge is 0.247 e. The molecule has 0 radical (unpaired) electrons. The van der Waals surface area contributed by atoms with Crippen LogP contribution in [-0.4, -0.2) is 42.5 Å². The van der Waals surface area contributed by atoms with Crippen molar-refractivity contribution >= 4 is 23.6 Å². The van der Waals surface area contributed by atoms with Crippen molar-refractivity contribution in [2.24, 2.45) is 0 Å². The molecule has 2 N–H and O–H groups in total. The summed E-state index contributed by atoms with van der Waals surface area (Å²) in [4.78, 5) is 27.8. The topological polar surface area (TPSA) is 99.7 Å². The third-order valence-electron chi connectivity index (χ3n) is 4.80. The highest BCUT2D eigenvalue weighted by atomic mass is 16.2. The molecule has 148 valence electrons. The van der Waals surface area contributed by atoms with Gasteiger partial charge in [-0.15, -0.1) is 0 Å². The number of aromatic amines is 1. The fraction of sp³-hybridized carbons (Fsp3) is 0.286. The number of carbonyl (C=O) groups is 1. The van der Waals surface area contributed by atoms with Crippen LogP contribution in [0.3, 0.4) is 0 Å². The lowest BCUT2D eigenvalue weighted by atomic mass is 10.1. The van der Waals surface area contributed by atoms with Gasteiger partial charge in [-0.1, -0.05) is 6.07 Å². The van der Waals surface area contributed by atoms with E-state index < -0.39 is 0 Å². The van der Waals surface area contributed by atoms with Crippen molar-refractivity contribution in [1.29, 1.82) is 0 Å². The van der Waals surface area contributed by atoms with Crippen molar-refractivity contribution in [3.8, 4) is 0 Å². The van der Waals surface area contributed by atoms with Crippen LogP contribution in [-0.2, 0) is 4.79 Å². The minimum atomic E-state index is -0.0655. The van der Waals surface area contributed by atoms with Crippen molar-refractivity contribution in [2.45, 2.75) is 32.7 Å². The van der Waals surface area contributed by atoms with Gasteiger partial charge < -0.3 is 10.2 Å². The van der Waals surface area contributed by atoms with Gasteiger partial charge in [-0.3, -0.25) is 14.9 Å². The number of nitrogens with zero attached hydrogens (tertiary/aromatic N) is 5. The van der Waals surface area contributed by atoms with Crippen molar-refractivity contribution in [2.75, 3.05) is 11.9 Å². The molecule has 0 bridgehead atoms. The van der Waals surface area contributed by atoms with E-state index in [0.717, 1.165) is 29.8 Å². The van der Waals surface area contributed by atoms with E-state index in [9.17, 15) is 4.79 Å². The standard InChI is InChI=1S/C21H23N7O/c1-14-11-20(27-26-14)25-19-12-17(23-15(2)24-19)18-6-4-10-28(18)21(29)8-7-16-5-3-9-22-13-16/h3,5,7-9,11-13,18H,4,6,10H2,1-2H3,(H2,23,24,25,26,27)/b8-7+/t18-/m1/s1. The van der Waals surface area contributed by atoms with Crippen LogP contribution in [0.5, 0.6) is 0 Å². The average molecular weight is 389 g/mol. The van der Waals surface area contributed by atoms with Gasteiger partial charge in [-0.25, -0.2) is 9.97 Å². The Balaban J connectivity index is 1.53. The zero-order chi connectivity index (χ0) is 20.2. The monoisotopic (exact) mass is 389 g/mol. The molecule has 1 atom stereocenters. The van der Waals surface area contributed by atoms with Gasteiger partial charge in [-0.05, 0) is 44.4 Å². The molecular weight excluding hydrogens is 366 g/mol. The number of aromatic nitrogens is 5. The van der Waals surface area contributed by atoms with Crippen LogP contribution in [0.25, 0.3) is 6.08 Å². The molecule has 0 spiro atoms. The number of nitrogens with one attached hydrogen (secondary N) is 2. The van der Waals surface area contributed by atoms with Crippen LogP contribution in [0.1, 0.15) is 41.7 Å². The quantitative estimate of drug-likeness (QED) is 0.649. The fourth-order valence-electron chi connectivity index (χ4n) is 3.51.